The molecule has 0 N–H and O–H groups in total. The molecule has 4 aromatic carbocycles. The molecule has 0 spiro atoms. The van der Waals surface area contributed by atoms with Crippen LogP contribution in [-0.4, -0.2) is 55.1 Å². The van der Waals surface area contributed by atoms with Crippen molar-refractivity contribution in [3.63, 3.8) is 0 Å². The Morgan fingerprint density at radius 1 is 0.557 bits per heavy atom. The van der Waals surface area contributed by atoms with Crippen molar-refractivity contribution in [1.29, 1.82) is 0 Å². The number of carbonyl (C=O) groups excluding carboxylic acids is 5. The highest BCUT2D eigenvalue weighted by atomic mass is 35.5. The van der Waals surface area contributed by atoms with Crippen LogP contribution in [-0.2, 0) is 56.1 Å². The second-order valence-electron chi connectivity index (χ2n) is 17.2. The second kappa shape index (κ2) is 19.6. The zero-order valence-electron chi connectivity index (χ0n) is 36.9. The van der Waals surface area contributed by atoms with Gasteiger partial charge in [0.05, 0.1) is 23.2 Å². The first kappa shape index (κ1) is 47.2. The normalized spacial score (nSPS) is 14.7. The molecule has 3 aliphatic rings. The summed E-state index contributed by atoms with van der Waals surface area (Å²) in [5, 5.41) is 0.146. The first-order valence-corrected chi connectivity index (χ1v) is 22.4. The van der Waals surface area contributed by atoms with Crippen molar-refractivity contribution in [1.82, 2.24) is 19.9 Å². The Kier molecular flexibility index (Phi) is 13.2. The molecule has 2 fully saturated rings. The van der Waals surface area contributed by atoms with E-state index in [2.05, 4.69) is 24.9 Å². The molecular weight excluding hydrogens is 930 g/mol. The van der Waals surface area contributed by atoms with E-state index < -0.39 is 28.3 Å². The summed E-state index contributed by atoms with van der Waals surface area (Å²) in [6.45, 7) is 0. The lowest BCUT2D eigenvalue weighted by atomic mass is 9.88. The summed E-state index contributed by atoms with van der Waals surface area (Å²) < 4.78 is 67.3. The number of ether oxygens (including phenoxy) is 2. The van der Waals surface area contributed by atoms with Gasteiger partial charge in [-0.2, -0.15) is 0 Å². The summed E-state index contributed by atoms with van der Waals surface area (Å²) in [6, 6.07) is 22.7. The molecular formula is C53H38ClF4N5O7. The number of hydrogen-bond acceptors (Lipinski definition) is 12. The quantitative estimate of drug-likeness (QED) is 0.0668. The Bertz CT molecular complexity index is 3270. The van der Waals surface area contributed by atoms with Crippen molar-refractivity contribution < 1.29 is 51.0 Å². The Hall–Kier alpha value is -7.85. The van der Waals surface area contributed by atoms with Crippen molar-refractivity contribution in [3.8, 4) is 23.0 Å². The maximum atomic E-state index is 14.8. The zero-order valence-corrected chi connectivity index (χ0v) is 37.7. The van der Waals surface area contributed by atoms with Crippen LogP contribution in [0.5, 0.6) is 23.0 Å². The van der Waals surface area contributed by atoms with E-state index in [1.807, 2.05) is 0 Å². The number of carbonyl (C=O) groups is 5. The molecule has 12 nitrogen and oxygen atoms in total. The fourth-order valence-corrected chi connectivity index (χ4v) is 8.29. The van der Waals surface area contributed by atoms with Gasteiger partial charge in [-0.05, 0) is 103 Å². The molecule has 1 aliphatic heterocycles. The predicted molar refractivity (Wildman–Crippen MR) is 247 cm³/mol. The predicted octanol–water partition coefficient (Wildman–Crippen LogP) is 10.1. The number of fused-ring (bicyclic) bond motifs is 2. The lowest BCUT2D eigenvalue weighted by Gasteiger charge is -2.15. The molecule has 2 aliphatic carbocycles. The molecule has 2 saturated carbocycles. The molecule has 3 aromatic heterocycles. The van der Waals surface area contributed by atoms with Gasteiger partial charge in [-0.1, -0.05) is 48.0 Å². The summed E-state index contributed by atoms with van der Waals surface area (Å²) in [5.74, 6) is -2.48. The molecule has 0 radical (unpaired) electrons. The van der Waals surface area contributed by atoms with Gasteiger partial charge in [0, 0.05) is 56.1 Å². The zero-order chi connectivity index (χ0) is 49.2. The van der Waals surface area contributed by atoms with Crippen LogP contribution in [0.3, 0.4) is 0 Å². The second-order valence-corrected chi connectivity index (χ2v) is 17.6. The summed E-state index contributed by atoms with van der Waals surface area (Å²) in [7, 11) is 0. The van der Waals surface area contributed by atoms with E-state index in [9.17, 15) is 41.5 Å². The largest absolute Gasteiger partial charge is 0.454 e. The van der Waals surface area contributed by atoms with Gasteiger partial charge in [0.2, 0.25) is 0 Å². The highest BCUT2D eigenvalue weighted by Gasteiger charge is 2.55. The van der Waals surface area contributed by atoms with E-state index in [0.29, 0.717) is 65.0 Å². The Morgan fingerprint density at radius 3 is 1.51 bits per heavy atom. The lowest BCUT2D eigenvalue weighted by Crippen LogP contribution is -2.28. The maximum Gasteiger partial charge on any atom is 0.182 e. The first-order valence-electron chi connectivity index (χ1n) is 22.0. The van der Waals surface area contributed by atoms with Crippen molar-refractivity contribution in [2.24, 2.45) is 15.8 Å². The molecule has 0 amide bonds. The first-order chi connectivity index (χ1) is 33.7. The molecule has 7 aromatic rings. The number of halogens is 5. The lowest BCUT2D eigenvalue weighted by molar-refractivity contribution is -0.135. The van der Waals surface area contributed by atoms with Crippen molar-refractivity contribution in [3.05, 3.63) is 172 Å². The summed E-state index contributed by atoms with van der Waals surface area (Å²) in [4.78, 5) is 83.7. The Balaban J connectivity index is 0.000000174. The SMILES string of the molecule is O=C(Cc1ccc(F)cc1)C1(C(=O)Cc2ccc(Oc3ccnc4ncc(Cl)nc34)c(F)c2)CC1.O=C1C=Nc2nccc(Oc3ccc(CC(=O)C4(C(=O)Cc5ccc(F)cc5)CC4)cc3F)c2C1. The van der Waals surface area contributed by atoms with E-state index in [-0.39, 0.29) is 101 Å². The number of hydrogen-bond donors (Lipinski definition) is 0. The minimum absolute atomic E-state index is 0.0515. The van der Waals surface area contributed by atoms with E-state index in [1.54, 1.807) is 12.1 Å². The van der Waals surface area contributed by atoms with Crippen LogP contribution in [0.15, 0.2) is 121 Å². The minimum Gasteiger partial charge on any atom is -0.454 e. The monoisotopic (exact) mass is 967 g/mol. The third-order valence-corrected chi connectivity index (χ3v) is 12.6. The van der Waals surface area contributed by atoms with Crippen molar-refractivity contribution in [2.75, 3.05) is 0 Å². The average molecular weight is 968 g/mol. The molecule has 352 valence electrons. The van der Waals surface area contributed by atoms with E-state index in [4.69, 9.17) is 21.1 Å². The van der Waals surface area contributed by atoms with Crippen LogP contribution in [0.4, 0.5) is 23.4 Å². The summed E-state index contributed by atoms with van der Waals surface area (Å²) in [6.07, 6.45) is 7.34. The Morgan fingerprint density at radius 2 is 1.01 bits per heavy atom. The number of pyridine rings is 2. The molecule has 70 heavy (non-hydrogen) atoms. The number of aliphatic imine (C=N–C) groups is 1. The van der Waals surface area contributed by atoms with E-state index in [0.717, 1.165) is 0 Å². The number of Topliss-reactive ketones (excluding diaryl/α,β-unsaturated/α-hetero) is 5. The van der Waals surface area contributed by atoms with Crippen molar-refractivity contribution >= 4 is 63.7 Å². The summed E-state index contributed by atoms with van der Waals surface area (Å²) >= 11 is 5.91. The van der Waals surface area contributed by atoms with Crippen LogP contribution < -0.4 is 9.47 Å². The smallest absolute Gasteiger partial charge is 0.182 e. The van der Waals surface area contributed by atoms with E-state index >= 15 is 0 Å². The van der Waals surface area contributed by atoms with Gasteiger partial charge in [0.1, 0.15) is 22.5 Å². The van der Waals surface area contributed by atoms with Crippen LogP contribution in [0.25, 0.3) is 11.2 Å². The number of rotatable bonds is 16. The minimum atomic E-state index is -1.05. The topological polar surface area (TPSA) is 168 Å². The molecule has 0 unspecified atom stereocenters. The Labute approximate surface area is 401 Å². The fourth-order valence-electron chi connectivity index (χ4n) is 8.16. The number of nitrogens with zero attached hydrogens (tertiary/aromatic N) is 5. The number of aromatic nitrogens is 4. The van der Waals surface area contributed by atoms with Gasteiger partial charge in [-0.3, -0.25) is 24.0 Å². The van der Waals surface area contributed by atoms with Gasteiger partial charge < -0.3 is 9.47 Å². The number of ketones is 5. The van der Waals surface area contributed by atoms with Crippen LogP contribution in [0.2, 0.25) is 5.15 Å². The van der Waals surface area contributed by atoms with Crippen LogP contribution in [0.1, 0.15) is 53.5 Å². The standard InChI is InChI=1S/C27H20F2N2O4.C26H18ClF2N3O3/c28-18-4-1-16(2-5-18)12-24(33)27(8-9-27)25(34)13-17-3-6-23(21(29)11-17)35-22-7-10-30-26-20(22)14-19(32)15-31-26;27-23-14-31-25-24(32-23)20(7-10-30-25)35-19-6-3-16(11-18(19)29)13-22(34)26(8-9-26)21(33)12-15-1-4-17(28)5-2-15/h1-7,10-11,15H,8-9,12-14H2;1-7,10-11,14H,8-9,12-13H2. The van der Waals surface area contributed by atoms with Gasteiger partial charge in [-0.15, -0.1) is 0 Å². The summed E-state index contributed by atoms with van der Waals surface area (Å²) in [5.41, 5.74) is 1.13. The van der Waals surface area contributed by atoms with Gasteiger partial charge in [-0.25, -0.2) is 42.5 Å². The number of benzene rings is 4. The highest BCUT2D eigenvalue weighted by Crippen LogP contribution is 2.50. The maximum absolute atomic E-state index is 14.8. The third kappa shape index (κ3) is 10.4. The molecule has 0 atom stereocenters. The van der Waals surface area contributed by atoms with Crippen LogP contribution in [0, 0.1) is 34.1 Å². The van der Waals surface area contributed by atoms with E-state index in [1.165, 1.54) is 110 Å². The van der Waals surface area contributed by atoms with Gasteiger partial charge >= 0.3 is 0 Å². The molecule has 17 heteroatoms. The van der Waals surface area contributed by atoms with Gasteiger partial charge in [0.25, 0.3) is 0 Å². The third-order valence-electron chi connectivity index (χ3n) is 12.4. The average Bonchev–Trinajstić information content (AvgIpc) is 4.29. The highest BCUT2D eigenvalue weighted by molar-refractivity contribution is 6.30. The van der Waals surface area contributed by atoms with Crippen LogP contribution >= 0.6 is 11.6 Å². The van der Waals surface area contributed by atoms with Gasteiger partial charge in [0.15, 0.2) is 74.8 Å². The molecule has 4 heterocycles. The molecule has 0 saturated heterocycles. The van der Waals surface area contributed by atoms with Crippen molar-refractivity contribution in [2.45, 2.75) is 57.8 Å². The molecule has 10 rings (SSSR count). The molecule has 0 bridgehead atoms. The fraction of sp³-hybridized carbons (Fsp3) is 0.208.